The average Bonchev–Trinajstić information content (AvgIpc) is 2.39. The number of aromatic nitrogens is 2. The summed E-state index contributed by atoms with van der Waals surface area (Å²) in [6, 6.07) is 9.62. The Morgan fingerprint density at radius 3 is 2.42 bits per heavy atom. The second-order valence-electron chi connectivity index (χ2n) is 4.32. The minimum atomic E-state index is 0.258. The Balaban J connectivity index is 2.22. The monoisotopic (exact) mass is 294 g/mol. The van der Waals surface area contributed by atoms with Gasteiger partial charge in [-0.05, 0) is 24.3 Å². The summed E-state index contributed by atoms with van der Waals surface area (Å²) in [7, 11) is 1.65. The fraction of sp³-hybridized carbons (Fsp3) is 0.286. The third kappa shape index (κ3) is 3.85. The molecule has 2 aromatic rings. The van der Waals surface area contributed by atoms with Gasteiger partial charge in [0.2, 0.25) is 0 Å². The second kappa shape index (κ2) is 6.26. The van der Waals surface area contributed by atoms with Crippen LogP contribution in [0.3, 0.4) is 0 Å². The Morgan fingerprint density at radius 2 is 1.84 bits per heavy atom. The lowest BCUT2D eigenvalue weighted by Gasteiger charge is -2.07. The number of nitrogens with zero attached hydrogens (tertiary/aromatic N) is 2. The Hall–Kier alpha value is -1.26. The molecule has 3 nitrogen and oxygen atoms in total. The Kier molecular flexibility index (Phi) is 4.66. The predicted octanol–water partition coefficient (Wildman–Crippen LogP) is 4.41. The lowest BCUT2D eigenvalue weighted by molar-refractivity contribution is 0.414. The zero-order valence-corrected chi connectivity index (χ0v) is 12.6. The molecule has 19 heavy (non-hydrogen) atoms. The molecule has 0 fully saturated rings. The van der Waals surface area contributed by atoms with Gasteiger partial charge in [0.15, 0.2) is 0 Å². The minimum absolute atomic E-state index is 0.258. The molecule has 2 rings (SSSR count). The summed E-state index contributed by atoms with van der Waals surface area (Å²) < 4.78 is 5.13. The Morgan fingerprint density at radius 1 is 1.16 bits per heavy atom. The van der Waals surface area contributed by atoms with Crippen molar-refractivity contribution in [1.29, 1.82) is 0 Å². The molecule has 1 aromatic heterocycles. The summed E-state index contributed by atoms with van der Waals surface area (Å²) in [6.07, 6.45) is 0. The largest absolute Gasteiger partial charge is 0.497 e. The van der Waals surface area contributed by atoms with E-state index in [1.165, 1.54) is 0 Å². The smallest absolute Gasteiger partial charge is 0.133 e. The third-order valence-electron chi connectivity index (χ3n) is 2.49. The highest BCUT2D eigenvalue weighted by atomic mass is 35.5. The lowest BCUT2D eigenvalue weighted by atomic mass is 10.2. The summed E-state index contributed by atoms with van der Waals surface area (Å²) in [6.45, 7) is 4.10. The van der Waals surface area contributed by atoms with E-state index in [0.717, 1.165) is 21.5 Å². The quantitative estimate of drug-likeness (QED) is 0.782. The van der Waals surface area contributed by atoms with Crippen molar-refractivity contribution in [3.05, 3.63) is 41.3 Å². The molecule has 100 valence electrons. The number of hydrogen-bond acceptors (Lipinski definition) is 4. The molecule has 0 spiro atoms. The summed E-state index contributed by atoms with van der Waals surface area (Å²) in [4.78, 5) is 9.82. The van der Waals surface area contributed by atoms with Crippen molar-refractivity contribution >= 4 is 23.4 Å². The molecule has 0 saturated heterocycles. The first kappa shape index (κ1) is 14.2. The van der Waals surface area contributed by atoms with E-state index < -0.39 is 0 Å². The van der Waals surface area contributed by atoms with Gasteiger partial charge in [0.05, 0.1) is 7.11 Å². The van der Waals surface area contributed by atoms with Gasteiger partial charge in [0, 0.05) is 16.9 Å². The van der Waals surface area contributed by atoms with Gasteiger partial charge in [-0.1, -0.05) is 37.2 Å². The molecule has 0 atom stereocenters. The molecule has 1 aromatic carbocycles. The van der Waals surface area contributed by atoms with Crippen molar-refractivity contribution in [2.75, 3.05) is 7.11 Å². The molecule has 0 N–H and O–H groups in total. The highest BCUT2D eigenvalue weighted by Crippen LogP contribution is 2.29. The SMILES string of the molecule is COc1ccc(Sc2cc(Cl)nc(C(C)C)n2)cc1. The minimum Gasteiger partial charge on any atom is -0.497 e. The molecule has 0 amide bonds. The Bertz CT molecular complexity index is 558. The van der Waals surface area contributed by atoms with Gasteiger partial charge < -0.3 is 4.74 Å². The number of benzene rings is 1. The highest BCUT2D eigenvalue weighted by molar-refractivity contribution is 7.99. The van der Waals surface area contributed by atoms with Crippen molar-refractivity contribution < 1.29 is 4.74 Å². The first-order chi connectivity index (χ1) is 9.08. The number of rotatable bonds is 4. The molecule has 0 radical (unpaired) electrons. The predicted molar refractivity (Wildman–Crippen MR) is 78.2 cm³/mol. The van der Waals surface area contributed by atoms with E-state index in [4.69, 9.17) is 16.3 Å². The maximum atomic E-state index is 6.02. The van der Waals surface area contributed by atoms with Crippen LogP contribution in [-0.4, -0.2) is 17.1 Å². The summed E-state index contributed by atoms with van der Waals surface area (Å²) in [5, 5.41) is 1.34. The van der Waals surface area contributed by atoms with Gasteiger partial charge in [-0.25, -0.2) is 9.97 Å². The first-order valence-corrected chi connectivity index (χ1v) is 7.14. The molecule has 0 bridgehead atoms. The molecule has 0 aliphatic heterocycles. The van der Waals surface area contributed by atoms with E-state index >= 15 is 0 Å². The Labute approximate surface area is 122 Å². The topological polar surface area (TPSA) is 35.0 Å². The van der Waals surface area contributed by atoms with Gasteiger partial charge in [-0.15, -0.1) is 0 Å². The number of methoxy groups -OCH3 is 1. The second-order valence-corrected chi connectivity index (χ2v) is 5.80. The zero-order chi connectivity index (χ0) is 13.8. The van der Waals surface area contributed by atoms with Crippen molar-refractivity contribution in [3.63, 3.8) is 0 Å². The van der Waals surface area contributed by atoms with Crippen LogP contribution in [0.1, 0.15) is 25.6 Å². The normalized spacial score (nSPS) is 10.8. The van der Waals surface area contributed by atoms with Gasteiger partial charge in [0.25, 0.3) is 0 Å². The van der Waals surface area contributed by atoms with E-state index in [1.54, 1.807) is 24.9 Å². The van der Waals surface area contributed by atoms with Crippen LogP contribution in [0, 0.1) is 0 Å². The molecular formula is C14H15ClN2OS. The van der Waals surface area contributed by atoms with Crippen LogP contribution in [0.4, 0.5) is 0 Å². The van der Waals surface area contributed by atoms with Gasteiger partial charge in [0.1, 0.15) is 21.8 Å². The van der Waals surface area contributed by atoms with Crippen LogP contribution in [0.2, 0.25) is 5.15 Å². The number of halogens is 1. The standard InChI is InChI=1S/C14H15ClN2OS/c1-9(2)14-16-12(15)8-13(17-14)19-11-6-4-10(18-3)5-7-11/h4-9H,1-3H3. The van der Waals surface area contributed by atoms with E-state index in [2.05, 4.69) is 9.97 Å². The van der Waals surface area contributed by atoms with Crippen molar-refractivity contribution in [2.45, 2.75) is 29.7 Å². The molecule has 0 aliphatic rings. The van der Waals surface area contributed by atoms with Crippen LogP contribution in [0.5, 0.6) is 5.75 Å². The van der Waals surface area contributed by atoms with E-state index in [0.29, 0.717) is 5.15 Å². The summed E-state index contributed by atoms with van der Waals surface area (Å²) in [5.74, 6) is 1.87. The molecular weight excluding hydrogens is 280 g/mol. The summed E-state index contributed by atoms with van der Waals surface area (Å²) in [5.41, 5.74) is 0. The van der Waals surface area contributed by atoms with E-state index in [1.807, 2.05) is 38.1 Å². The first-order valence-electron chi connectivity index (χ1n) is 5.95. The molecule has 0 unspecified atom stereocenters. The van der Waals surface area contributed by atoms with Gasteiger partial charge in [-0.2, -0.15) is 0 Å². The fourth-order valence-electron chi connectivity index (χ4n) is 1.49. The van der Waals surface area contributed by atoms with Crippen molar-refractivity contribution in [2.24, 2.45) is 0 Å². The molecule has 0 aliphatic carbocycles. The van der Waals surface area contributed by atoms with Crippen LogP contribution in [0.25, 0.3) is 0 Å². The van der Waals surface area contributed by atoms with Crippen molar-refractivity contribution in [1.82, 2.24) is 9.97 Å². The van der Waals surface area contributed by atoms with Gasteiger partial charge >= 0.3 is 0 Å². The van der Waals surface area contributed by atoms with Crippen LogP contribution in [0.15, 0.2) is 40.3 Å². The summed E-state index contributed by atoms with van der Waals surface area (Å²) >= 11 is 7.58. The maximum absolute atomic E-state index is 6.02. The van der Waals surface area contributed by atoms with E-state index in [9.17, 15) is 0 Å². The average molecular weight is 295 g/mol. The maximum Gasteiger partial charge on any atom is 0.133 e. The number of ether oxygens (including phenoxy) is 1. The molecule has 1 heterocycles. The molecule has 0 saturated carbocycles. The van der Waals surface area contributed by atoms with Crippen molar-refractivity contribution in [3.8, 4) is 5.75 Å². The number of hydrogen-bond donors (Lipinski definition) is 0. The van der Waals surface area contributed by atoms with Gasteiger partial charge in [-0.3, -0.25) is 0 Å². The fourth-order valence-corrected chi connectivity index (χ4v) is 2.57. The van der Waals surface area contributed by atoms with Crippen LogP contribution >= 0.6 is 23.4 Å². The van der Waals surface area contributed by atoms with Crippen LogP contribution < -0.4 is 4.74 Å². The van der Waals surface area contributed by atoms with Crippen LogP contribution in [-0.2, 0) is 0 Å². The highest BCUT2D eigenvalue weighted by Gasteiger charge is 2.08. The third-order valence-corrected chi connectivity index (χ3v) is 3.61. The zero-order valence-electron chi connectivity index (χ0n) is 11.1. The van der Waals surface area contributed by atoms with E-state index in [-0.39, 0.29) is 5.92 Å². The molecule has 5 heteroatoms. The lowest BCUT2D eigenvalue weighted by Crippen LogP contribution is -1.98.